The molecule has 1 atom stereocenters. The number of hydrogen-bond acceptors (Lipinski definition) is 4. The van der Waals surface area contributed by atoms with Crippen molar-refractivity contribution in [3.05, 3.63) is 23.8 Å². The fourth-order valence-electron chi connectivity index (χ4n) is 1.72. The van der Waals surface area contributed by atoms with Gasteiger partial charge in [0.15, 0.2) is 0 Å². The first kappa shape index (κ1) is 12.7. The molecule has 0 aromatic heterocycles. The molecule has 0 aromatic rings. The fourth-order valence-corrected chi connectivity index (χ4v) is 1.72. The van der Waals surface area contributed by atoms with Gasteiger partial charge < -0.3 is 9.47 Å². The van der Waals surface area contributed by atoms with Gasteiger partial charge in [0.1, 0.15) is 6.61 Å². The second-order valence-electron chi connectivity index (χ2n) is 4.27. The Bertz CT molecular complexity index is 394. The van der Waals surface area contributed by atoms with Gasteiger partial charge in [-0.1, -0.05) is 17.7 Å². The van der Waals surface area contributed by atoms with Crippen LogP contribution in [0.15, 0.2) is 23.8 Å². The normalized spacial score (nSPS) is 22.3. The summed E-state index contributed by atoms with van der Waals surface area (Å²) in [4.78, 5) is 24.3. The minimum absolute atomic E-state index is 0.183. The van der Waals surface area contributed by atoms with E-state index in [1.54, 1.807) is 17.9 Å². The van der Waals surface area contributed by atoms with Gasteiger partial charge in [0.25, 0.3) is 0 Å². The molecule has 1 aliphatic heterocycles. The highest BCUT2D eigenvalue weighted by atomic mass is 16.6. The van der Waals surface area contributed by atoms with Gasteiger partial charge >= 0.3 is 12.1 Å². The van der Waals surface area contributed by atoms with Gasteiger partial charge in [-0.15, -0.1) is 0 Å². The fraction of sp³-hybridized carbons (Fsp3) is 0.538. The van der Waals surface area contributed by atoms with Crippen molar-refractivity contribution in [3.8, 4) is 0 Å². The summed E-state index contributed by atoms with van der Waals surface area (Å²) in [6.07, 6.45) is 7.00. The van der Waals surface area contributed by atoms with E-state index in [2.05, 4.69) is 6.08 Å². The first-order valence-corrected chi connectivity index (χ1v) is 6.17. The first-order chi connectivity index (χ1) is 8.70. The Morgan fingerprint density at radius 1 is 1.56 bits per heavy atom. The van der Waals surface area contributed by atoms with Crippen LogP contribution in [0.4, 0.5) is 4.79 Å². The summed E-state index contributed by atoms with van der Waals surface area (Å²) in [5, 5.41) is 0. The molecule has 0 radical (unpaired) electrons. The van der Waals surface area contributed by atoms with Crippen molar-refractivity contribution in [1.29, 1.82) is 0 Å². The number of carbonyl (C=O) groups excluding carboxylic acids is 2. The Morgan fingerprint density at radius 3 is 3.00 bits per heavy atom. The van der Waals surface area contributed by atoms with E-state index >= 15 is 0 Å². The number of ether oxygens (including phenoxy) is 2. The number of rotatable bonds is 5. The molecule has 2 fully saturated rings. The Morgan fingerprint density at radius 2 is 2.33 bits per heavy atom. The molecule has 18 heavy (non-hydrogen) atoms. The van der Waals surface area contributed by atoms with Crippen molar-refractivity contribution in [3.63, 3.8) is 0 Å². The molecule has 98 valence electrons. The van der Waals surface area contributed by atoms with E-state index in [4.69, 9.17) is 9.47 Å². The molecule has 2 aliphatic rings. The second-order valence-corrected chi connectivity index (χ2v) is 4.27. The van der Waals surface area contributed by atoms with Crippen molar-refractivity contribution < 1.29 is 19.1 Å². The molecular weight excluding hydrogens is 234 g/mol. The number of amides is 1. The van der Waals surface area contributed by atoms with Crippen molar-refractivity contribution in [2.24, 2.45) is 0 Å². The largest absolute Gasteiger partial charge is 0.463 e. The summed E-state index contributed by atoms with van der Waals surface area (Å²) < 4.78 is 9.77. The molecule has 1 saturated carbocycles. The quantitative estimate of drug-likeness (QED) is 0.423. The van der Waals surface area contributed by atoms with Gasteiger partial charge in [-0.3, -0.25) is 4.90 Å². The van der Waals surface area contributed by atoms with E-state index in [1.165, 1.54) is 11.6 Å². The second kappa shape index (κ2) is 5.71. The van der Waals surface area contributed by atoms with E-state index in [0.717, 1.165) is 12.8 Å². The van der Waals surface area contributed by atoms with Gasteiger partial charge in [0.05, 0.1) is 12.6 Å². The third-order valence-corrected chi connectivity index (χ3v) is 2.87. The third-order valence-electron chi connectivity index (χ3n) is 2.87. The predicted molar refractivity (Wildman–Crippen MR) is 64.9 cm³/mol. The zero-order chi connectivity index (χ0) is 13.0. The van der Waals surface area contributed by atoms with Crippen molar-refractivity contribution in [2.75, 3.05) is 19.8 Å². The van der Waals surface area contributed by atoms with Crippen LogP contribution in [0.2, 0.25) is 0 Å². The molecule has 5 heteroatoms. The van der Waals surface area contributed by atoms with Gasteiger partial charge in [-0.25, -0.2) is 9.59 Å². The summed E-state index contributed by atoms with van der Waals surface area (Å²) >= 11 is 0. The minimum Gasteiger partial charge on any atom is -0.463 e. The zero-order valence-corrected chi connectivity index (χ0v) is 10.4. The topological polar surface area (TPSA) is 55.8 Å². The molecule has 0 bridgehead atoms. The van der Waals surface area contributed by atoms with Crippen LogP contribution in [0.5, 0.6) is 0 Å². The van der Waals surface area contributed by atoms with Gasteiger partial charge in [-0.2, -0.15) is 0 Å². The molecule has 1 heterocycles. The lowest BCUT2D eigenvalue weighted by Gasteiger charge is -2.16. The smallest absolute Gasteiger partial charge is 0.410 e. The maximum atomic E-state index is 11.5. The molecule has 2 rings (SSSR count). The number of esters is 1. The highest BCUT2D eigenvalue weighted by molar-refractivity contribution is 5.82. The maximum Gasteiger partial charge on any atom is 0.410 e. The van der Waals surface area contributed by atoms with E-state index in [0.29, 0.717) is 13.2 Å². The number of carbonyl (C=O) groups is 2. The number of cyclic esters (lactones) is 1. The van der Waals surface area contributed by atoms with Gasteiger partial charge in [0.2, 0.25) is 0 Å². The monoisotopic (exact) mass is 251 g/mol. The predicted octanol–water partition coefficient (Wildman–Crippen LogP) is 1.65. The summed E-state index contributed by atoms with van der Waals surface area (Å²) in [7, 11) is 0. The standard InChI is InChI=1S/C13H17NO4/c1-2-17-12(15)6-5-11-9-18-13(16)14(11)8-7-10-3-4-10/h5-7,11H,2-4,8-9H2,1H3/b6-5+/t11-/m1/s1. The Balaban J connectivity index is 1.91. The van der Waals surface area contributed by atoms with E-state index in [9.17, 15) is 9.59 Å². The van der Waals surface area contributed by atoms with Crippen LogP contribution in [0.25, 0.3) is 0 Å². The lowest BCUT2D eigenvalue weighted by Crippen LogP contribution is -2.32. The third kappa shape index (κ3) is 3.35. The summed E-state index contributed by atoms with van der Waals surface area (Å²) in [5.41, 5.74) is 1.38. The SMILES string of the molecule is CCOC(=O)/C=C/[C@@H]1COC(=O)N1CC=C1CC1. The van der Waals surface area contributed by atoms with Crippen LogP contribution in [0, 0.1) is 0 Å². The highest BCUT2D eigenvalue weighted by Crippen LogP contribution is 2.27. The van der Waals surface area contributed by atoms with Crippen molar-refractivity contribution >= 4 is 12.1 Å². The molecule has 0 aromatic carbocycles. The summed E-state index contributed by atoms with van der Waals surface area (Å²) in [6.45, 7) is 2.94. The lowest BCUT2D eigenvalue weighted by molar-refractivity contribution is -0.137. The van der Waals surface area contributed by atoms with Crippen molar-refractivity contribution in [1.82, 2.24) is 4.90 Å². The number of hydrogen-bond donors (Lipinski definition) is 0. The van der Waals surface area contributed by atoms with Crippen LogP contribution in [0.3, 0.4) is 0 Å². The van der Waals surface area contributed by atoms with Gasteiger partial charge in [-0.05, 0) is 19.8 Å². The zero-order valence-electron chi connectivity index (χ0n) is 10.4. The number of allylic oxidation sites excluding steroid dienone is 1. The van der Waals surface area contributed by atoms with Crippen LogP contribution < -0.4 is 0 Å². The minimum atomic E-state index is -0.391. The molecule has 0 N–H and O–H groups in total. The maximum absolute atomic E-state index is 11.5. The first-order valence-electron chi connectivity index (χ1n) is 6.17. The van der Waals surface area contributed by atoms with Crippen molar-refractivity contribution in [2.45, 2.75) is 25.8 Å². The summed E-state index contributed by atoms with van der Waals surface area (Å²) in [5.74, 6) is -0.391. The van der Waals surface area contributed by atoms with E-state index in [1.807, 2.05) is 0 Å². The lowest BCUT2D eigenvalue weighted by atomic mass is 10.2. The van der Waals surface area contributed by atoms with Crippen LogP contribution in [-0.2, 0) is 14.3 Å². The summed E-state index contributed by atoms with van der Waals surface area (Å²) in [6, 6.07) is -0.183. The van der Waals surface area contributed by atoms with E-state index in [-0.39, 0.29) is 18.7 Å². The van der Waals surface area contributed by atoms with Gasteiger partial charge in [0, 0.05) is 12.6 Å². The number of nitrogens with zero attached hydrogens (tertiary/aromatic N) is 1. The average Bonchev–Trinajstić information content (AvgIpc) is 3.10. The molecule has 0 spiro atoms. The Kier molecular flexibility index (Phi) is 4.02. The molecule has 1 saturated heterocycles. The molecule has 5 nitrogen and oxygen atoms in total. The van der Waals surface area contributed by atoms with E-state index < -0.39 is 5.97 Å². The molecular formula is C13H17NO4. The van der Waals surface area contributed by atoms with Crippen LogP contribution >= 0.6 is 0 Å². The Hall–Kier alpha value is -1.78. The average molecular weight is 251 g/mol. The highest BCUT2D eigenvalue weighted by Gasteiger charge is 2.30. The van der Waals surface area contributed by atoms with Crippen LogP contribution in [0.1, 0.15) is 19.8 Å². The molecule has 0 unspecified atom stereocenters. The van der Waals surface area contributed by atoms with Crippen LogP contribution in [-0.4, -0.2) is 42.8 Å². The molecule has 1 aliphatic carbocycles. The Labute approximate surface area is 106 Å². The molecule has 1 amide bonds.